The van der Waals surface area contributed by atoms with E-state index in [-0.39, 0.29) is 9.79 Å². The molecule has 2 aliphatic heterocycles. The van der Waals surface area contributed by atoms with Gasteiger partial charge < -0.3 is 9.47 Å². The average molecular weight is 569 g/mol. The number of hydrogen-bond donors (Lipinski definition) is 1. The summed E-state index contributed by atoms with van der Waals surface area (Å²) in [5.41, 5.74) is 7.07. The highest BCUT2D eigenvalue weighted by Gasteiger charge is 2.33. The van der Waals surface area contributed by atoms with E-state index in [0.29, 0.717) is 69.4 Å². The number of nitrogens with zero attached hydrogens (tertiary/aromatic N) is 3. The predicted molar refractivity (Wildman–Crippen MR) is 147 cm³/mol. The van der Waals surface area contributed by atoms with Crippen molar-refractivity contribution in [2.75, 3.05) is 58.0 Å². The molecule has 0 saturated carbocycles. The number of fused-ring (bicyclic) bond motifs is 3. The Balaban J connectivity index is 1.44. The molecule has 0 radical (unpaired) electrons. The molecule has 2 fully saturated rings. The number of rotatable bonds is 6. The van der Waals surface area contributed by atoms with Crippen LogP contribution in [0.2, 0.25) is 0 Å². The van der Waals surface area contributed by atoms with Gasteiger partial charge in [0, 0.05) is 37.3 Å². The van der Waals surface area contributed by atoms with Gasteiger partial charge in [-0.2, -0.15) is 13.7 Å². The van der Waals surface area contributed by atoms with E-state index in [4.69, 9.17) is 9.47 Å². The molecule has 10 nitrogen and oxygen atoms in total. The fraction of sp³-hybridized carbons (Fsp3) is 0.296. The van der Waals surface area contributed by atoms with E-state index in [1.54, 1.807) is 36.4 Å². The van der Waals surface area contributed by atoms with E-state index in [1.807, 2.05) is 30.3 Å². The van der Waals surface area contributed by atoms with Gasteiger partial charge in [0.25, 0.3) is 0 Å². The van der Waals surface area contributed by atoms with E-state index >= 15 is 0 Å². The second-order valence-electron chi connectivity index (χ2n) is 9.39. The summed E-state index contributed by atoms with van der Waals surface area (Å²) in [6, 6.07) is 19.3. The van der Waals surface area contributed by atoms with Crippen LogP contribution >= 0.6 is 0 Å². The highest BCUT2D eigenvalue weighted by Crippen LogP contribution is 2.40. The van der Waals surface area contributed by atoms with Gasteiger partial charge in [0.05, 0.1) is 47.6 Å². The summed E-state index contributed by atoms with van der Waals surface area (Å²) in [6.07, 6.45) is 0. The van der Waals surface area contributed by atoms with Gasteiger partial charge in [-0.05, 0) is 47.5 Å². The van der Waals surface area contributed by atoms with Crippen molar-refractivity contribution in [3.8, 4) is 11.1 Å². The molecule has 0 atom stereocenters. The van der Waals surface area contributed by atoms with Crippen LogP contribution in [0.5, 0.6) is 0 Å². The van der Waals surface area contributed by atoms with E-state index in [1.165, 1.54) is 8.61 Å². The first-order valence-electron chi connectivity index (χ1n) is 12.7. The molecule has 0 spiro atoms. The number of nitrogens with one attached hydrogen (secondary N) is 1. The zero-order valence-corrected chi connectivity index (χ0v) is 22.7. The number of hydrazone groups is 1. The molecule has 0 unspecified atom stereocenters. The van der Waals surface area contributed by atoms with Crippen LogP contribution in [0, 0.1) is 0 Å². The van der Waals surface area contributed by atoms with Crippen LogP contribution in [0.4, 0.5) is 5.69 Å². The highest BCUT2D eigenvalue weighted by molar-refractivity contribution is 7.89. The topological polar surface area (TPSA) is 118 Å². The molecule has 0 amide bonds. The Bertz CT molecular complexity index is 1530. The van der Waals surface area contributed by atoms with Gasteiger partial charge >= 0.3 is 0 Å². The highest BCUT2D eigenvalue weighted by atomic mass is 32.2. The lowest BCUT2D eigenvalue weighted by Crippen LogP contribution is -2.40. The minimum absolute atomic E-state index is 0.157. The summed E-state index contributed by atoms with van der Waals surface area (Å²) in [4.78, 5) is 0.314. The van der Waals surface area contributed by atoms with Gasteiger partial charge in [-0.1, -0.05) is 30.3 Å². The SMILES string of the molecule is O=S(=O)(c1ccc2c(c1)C(=NNc1ccccc1)c1cc(S(=O)(=O)N3CCOCC3)ccc1-2)N1CCOCC1. The van der Waals surface area contributed by atoms with Gasteiger partial charge in [-0.15, -0.1) is 0 Å². The summed E-state index contributed by atoms with van der Waals surface area (Å²) in [5, 5.41) is 4.66. The summed E-state index contributed by atoms with van der Waals surface area (Å²) < 4.78 is 67.2. The second kappa shape index (κ2) is 10.5. The largest absolute Gasteiger partial charge is 0.379 e. The zero-order valence-electron chi connectivity index (χ0n) is 21.1. The Morgan fingerprint density at radius 2 is 1.08 bits per heavy atom. The van der Waals surface area contributed by atoms with Crippen LogP contribution in [0.15, 0.2) is 81.6 Å². The number of sulfonamides is 2. The van der Waals surface area contributed by atoms with Gasteiger partial charge in [0.15, 0.2) is 0 Å². The van der Waals surface area contributed by atoms with Crippen LogP contribution in [0.25, 0.3) is 11.1 Å². The molecule has 39 heavy (non-hydrogen) atoms. The van der Waals surface area contributed by atoms with Crippen molar-refractivity contribution in [2.45, 2.75) is 9.79 Å². The maximum atomic E-state index is 13.4. The molecular weight excluding hydrogens is 540 g/mol. The predicted octanol–water partition coefficient (Wildman–Crippen LogP) is 2.57. The Labute approximate surface area is 227 Å². The molecule has 204 valence electrons. The summed E-state index contributed by atoms with van der Waals surface area (Å²) in [5.74, 6) is 0. The van der Waals surface area contributed by atoms with Gasteiger partial charge in [-0.3, -0.25) is 5.43 Å². The third kappa shape index (κ3) is 4.88. The standard InChI is InChI=1S/C27H28N4O6S2/c32-38(33,30-10-14-36-15-11-30)21-6-8-23-24-9-7-22(39(34,35)31-12-16-37-17-13-31)19-26(24)27(25(23)18-21)29-28-20-4-2-1-3-5-20/h1-9,18-19,28H,10-17H2. The fourth-order valence-corrected chi connectivity index (χ4v) is 7.87. The second-order valence-corrected chi connectivity index (χ2v) is 13.3. The van der Waals surface area contributed by atoms with Crippen molar-refractivity contribution in [3.05, 3.63) is 77.9 Å². The van der Waals surface area contributed by atoms with Crippen molar-refractivity contribution >= 4 is 31.4 Å². The number of benzene rings is 3. The quantitative estimate of drug-likeness (QED) is 0.355. The normalized spacial score (nSPS) is 18.4. The van der Waals surface area contributed by atoms with Crippen LogP contribution in [-0.4, -0.2) is 83.8 Å². The Morgan fingerprint density at radius 3 is 1.54 bits per heavy atom. The van der Waals surface area contributed by atoms with Crippen molar-refractivity contribution in [1.82, 2.24) is 8.61 Å². The molecule has 12 heteroatoms. The lowest BCUT2D eigenvalue weighted by atomic mass is 10.1. The summed E-state index contributed by atoms with van der Waals surface area (Å²) in [6.45, 7) is 2.57. The minimum atomic E-state index is -3.74. The number of hydrogen-bond acceptors (Lipinski definition) is 8. The van der Waals surface area contributed by atoms with E-state index in [9.17, 15) is 16.8 Å². The first-order valence-corrected chi connectivity index (χ1v) is 15.6. The molecular formula is C27H28N4O6S2. The van der Waals surface area contributed by atoms with Crippen molar-refractivity contribution < 1.29 is 26.3 Å². The number of para-hydroxylation sites is 1. The van der Waals surface area contributed by atoms with Crippen molar-refractivity contribution in [2.24, 2.45) is 5.10 Å². The van der Waals surface area contributed by atoms with Crippen molar-refractivity contribution in [3.63, 3.8) is 0 Å². The third-order valence-electron chi connectivity index (χ3n) is 7.07. The molecule has 3 aromatic carbocycles. The van der Waals surface area contributed by atoms with E-state index in [0.717, 1.165) is 16.8 Å². The molecule has 1 aliphatic carbocycles. The van der Waals surface area contributed by atoms with E-state index < -0.39 is 20.0 Å². The maximum Gasteiger partial charge on any atom is 0.243 e. The summed E-state index contributed by atoms with van der Waals surface area (Å²) in [7, 11) is -7.49. The molecule has 2 heterocycles. The third-order valence-corrected chi connectivity index (χ3v) is 10.9. The molecule has 0 bridgehead atoms. The minimum Gasteiger partial charge on any atom is -0.379 e. The van der Waals surface area contributed by atoms with Gasteiger partial charge in [0.2, 0.25) is 20.0 Å². The maximum absolute atomic E-state index is 13.4. The molecule has 0 aromatic heterocycles. The first-order chi connectivity index (χ1) is 18.9. The zero-order chi connectivity index (χ0) is 27.0. The average Bonchev–Trinajstić information content (AvgIpc) is 3.29. The number of morpholine rings is 2. The van der Waals surface area contributed by atoms with Crippen LogP contribution in [0.3, 0.4) is 0 Å². The molecule has 3 aliphatic rings. The Morgan fingerprint density at radius 1 is 0.615 bits per heavy atom. The van der Waals surface area contributed by atoms with Crippen LogP contribution in [0.1, 0.15) is 11.1 Å². The lowest BCUT2D eigenvalue weighted by Gasteiger charge is -2.26. The molecule has 3 aromatic rings. The number of anilines is 1. The summed E-state index contributed by atoms with van der Waals surface area (Å²) >= 11 is 0. The number of ether oxygens (including phenoxy) is 2. The van der Waals surface area contributed by atoms with Crippen LogP contribution in [-0.2, 0) is 29.5 Å². The first kappa shape index (κ1) is 26.1. The Kier molecular flexibility index (Phi) is 7.00. The van der Waals surface area contributed by atoms with E-state index in [2.05, 4.69) is 10.5 Å². The molecule has 1 N–H and O–H groups in total. The van der Waals surface area contributed by atoms with Gasteiger partial charge in [0.1, 0.15) is 0 Å². The van der Waals surface area contributed by atoms with Crippen LogP contribution < -0.4 is 5.43 Å². The van der Waals surface area contributed by atoms with Gasteiger partial charge in [-0.25, -0.2) is 16.8 Å². The molecule has 2 saturated heterocycles. The fourth-order valence-electron chi connectivity index (χ4n) is 5.00. The Hall–Kier alpha value is -3.13. The lowest BCUT2D eigenvalue weighted by molar-refractivity contribution is 0.0730. The smallest absolute Gasteiger partial charge is 0.243 e. The monoisotopic (exact) mass is 568 g/mol. The van der Waals surface area contributed by atoms with Crippen molar-refractivity contribution in [1.29, 1.82) is 0 Å². The molecule has 6 rings (SSSR count).